The van der Waals surface area contributed by atoms with E-state index in [2.05, 4.69) is 5.10 Å². The quantitative estimate of drug-likeness (QED) is 0.881. The molecule has 1 aromatic carbocycles. The molecule has 0 fully saturated rings. The summed E-state index contributed by atoms with van der Waals surface area (Å²) in [5.74, 6) is -1.81. The van der Waals surface area contributed by atoms with Crippen molar-refractivity contribution >= 4 is 17.7 Å². The highest BCUT2D eigenvalue weighted by molar-refractivity contribution is 6.07. The number of aromatic nitrogens is 2. The number of Topliss-reactive ketones (excluding diaryl/α,β-unsaturated/α-hetero) is 1. The molecule has 23 heavy (non-hydrogen) atoms. The number of carboxylic acids is 1. The Morgan fingerprint density at radius 1 is 1.22 bits per heavy atom. The lowest BCUT2D eigenvalue weighted by molar-refractivity contribution is 0.0696. The molecular weight excluding hydrogens is 298 g/mol. The van der Waals surface area contributed by atoms with Crippen LogP contribution in [0.1, 0.15) is 55.3 Å². The summed E-state index contributed by atoms with van der Waals surface area (Å²) in [6.45, 7) is 0.350. The number of benzene rings is 1. The fourth-order valence-corrected chi connectivity index (χ4v) is 2.81. The molecule has 0 bridgehead atoms. The predicted molar refractivity (Wildman–Crippen MR) is 80.5 cm³/mol. The minimum Gasteiger partial charge on any atom is -0.478 e. The molecule has 0 saturated carbocycles. The number of nitrogens with zero attached hydrogens (tertiary/aromatic N) is 2. The van der Waals surface area contributed by atoms with Crippen LogP contribution in [0.2, 0.25) is 0 Å². The maximum absolute atomic E-state index is 12.1. The van der Waals surface area contributed by atoms with Crippen LogP contribution in [0.4, 0.5) is 0 Å². The SMILES string of the molecule is NC(=O)c1nn(Cc2ccc(C(=O)O)cc2)c2c1C(=O)CCC2. The molecule has 1 aliphatic rings. The first-order chi connectivity index (χ1) is 11.0. The van der Waals surface area contributed by atoms with Gasteiger partial charge in [0.05, 0.1) is 23.4 Å². The maximum Gasteiger partial charge on any atom is 0.335 e. The van der Waals surface area contributed by atoms with Crippen LogP contribution >= 0.6 is 0 Å². The highest BCUT2D eigenvalue weighted by Gasteiger charge is 2.29. The molecule has 3 N–H and O–H groups in total. The van der Waals surface area contributed by atoms with E-state index in [0.29, 0.717) is 31.4 Å². The number of nitrogens with two attached hydrogens (primary N) is 1. The summed E-state index contributed by atoms with van der Waals surface area (Å²) in [5, 5.41) is 13.1. The normalized spacial score (nSPS) is 13.7. The summed E-state index contributed by atoms with van der Waals surface area (Å²) in [6.07, 6.45) is 1.77. The van der Waals surface area contributed by atoms with Gasteiger partial charge in [0, 0.05) is 6.42 Å². The summed E-state index contributed by atoms with van der Waals surface area (Å²) in [6, 6.07) is 6.39. The standard InChI is InChI=1S/C16H15N3O4/c17-15(21)14-13-11(2-1-3-12(13)20)19(18-14)8-9-4-6-10(7-5-9)16(22)23/h4-7H,1-3,8H2,(H2,17,21)(H,22,23). The molecule has 0 unspecified atom stereocenters. The number of carbonyl (C=O) groups is 3. The lowest BCUT2D eigenvalue weighted by Crippen LogP contribution is -2.18. The van der Waals surface area contributed by atoms with E-state index in [1.807, 2.05) is 0 Å². The molecule has 0 saturated heterocycles. The summed E-state index contributed by atoms with van der Waals surface area (Å²) in [7, 11) is 0. The third kappa shape index (κ3) is 2.73. The van der Waals surface area contributed by atoms with Crippen molar-refractivity contribution in [3.05, 3.63) is 52.3 Å². The monoisotopic (exact) mass is 313 g/mol. The maximum atomic E-state index is 12.1. The van der Waals surface area contributed by atoms with Crippen LogP contribution in [0, 0.1) is 0 Å². The zero-order chi connectivity index (χ0) is 16.6. The predicted octanol–water partition coefficient (Wildman–Crippen LogP) is 1.25. The van der Waals surface area contributed by atoms with E-state index in [0.717, 1.165) is 11.3 Å². The number of carbonyl (C=O) groups excluding carboxylic acids is 2. The fourth-order valence-electron chi connectivity index (χ4n) is 2.81. The van der Waals surface area contributed by atoms with E-state index in [1.54, 1.807) is 16.8 Å². The second-order valence-corrected chi connectivity index (χ2v) is 5.47. The van der Waals surface area contributed by atoms with Crippen molar-refractivity contribution in [2.24, 2.45) is 5.73 Å². The van der Waals surface area contributed by atoms with Gasteiger partial charge in [-0.05, 0) is 30.5 Å². The molecule has 0 radical (unpaired) electrons. The van der Waals surface area contributed by atoms with Crippen molar-refractivity contribution in [1.82, 2.24) is 9.78 Å². The molecule has 1 aliphatic carbocycles. The number of primary amides is 1. The zero-order valence-electron chi connectivity index (χ0n) is 12.3. The van der Waals surface area contributed by atoms with Crippen LogP contribution in [0.25, 0.3) is 0 Å². The van der Waals surface area contributed by atoms with E-state index < -0.39 is 11.9 Å². The number of hydrogen-bond donors (Lipinski definition) is 2. The molecule has 0 atom stereocenters. The van der Waals surface area contributed by atoms with Gasteiger partial charge in [-0.1, -0.05) is 12.1 Å². The summed E-state index contributed by atoms with van der Waals surface area (Å²) < 4.78 is 1.61. The Labute approximate surface area is 131 Å². The fraction of sp³-hybridized carbons (Fsp3) is 0.250. The molecule has 1 aromatic heterocycles. The molecule has 7 nitrogen and oxygen atoms in total. The molecule has 0 aliphatic heterocycles. The van der Waals surface area contributed by atoms with Gasteiger partial charge in [0.1, 0.15) is 0 Å². The number of fused-ring (bicyclic) bond motifs is 1. The van der Waals surface area contributed by atoms with Gasteiger partial charge in [-0.25, -0.2) is 4.79 Å². The molecule has 0 spiro atoms. The van der Waals surface area contributed by atoms with Crippen LogP contribution in [0.15, 0.2) is 24.3 Å². The van der Waals surface area contributed by atoms with Crippen LogP contribution in [0.5, 0.6) is 0 Å². The largest absolute Gasteiger partial charge is 0.478 e. The second kappa shape index (κ2) is 5.68. The van der Waals surface area contributed by atoms with E-state index in [-0.39, 0.29) is 17.0 Å². The topological polar surface area (TPSA) is 115 Å². The van der Waals surface area contributed by atoms with Crippen LogP contribution in [-0.2, 0) is 13.0 Å². The first-order valence-corrected chi connectivity index (χ1v) is 7.22. The molecule has 7 heteroatoms. The lowest BCUT2D eigenvalue weighted by Gasteiger charge is -2.13. The summed E-state index contributed by atoms with van der Waals surface area (Å²) in [5.41, 5.74) is 7.43. The van der Waals surface area contributed by atoms with Crippen molar-refractivity contribution < 1.29 is 19.5 Å². The number of rotatable bonds is 4. The van der Waals surface area contributed by atoms with Gasteiger partial charge in [0.25, 0.3) is 5.91 Å². The Morgan fingerprint density at radius 2 is 1.91 bits per heavy atom. The average Bonchev–Trinajstić information content (AvgIpc) is 2.88. The van der Waals surface area contributed by atoms with Crippen LogP contribution in [0.3, 0.4) is 0 Å². The molecule has 1 heterocycles. The third-order valence-electron chi connectivity index (χ3n) is 3.92. The molecule has 1 amide bonds. The second-order valence-electron chi connectivity index (χ2n) is 5.47. The number of carboxylic acid groups (broad SMARTS) is 1. The summed E-state index contributed by atoms with van der Waals surface area (Å²) in [4.78, 5) is 34.5. The molecule has 118 valence electrons. The van der Waals surface area contributed by atoms with E-state index in [4.69, 9.17) is 10.8 Å². The highest BCUT2D eigenvalue weighted by atomic mass is 16.4. The average molecular weight is 313 g/mol. The van der Waals surface area contributed by atoms with Gasteiger partial charge >= 0.3 is 5.97 Å². The number of ketones is 1. The summed E-state index contributed by atoms with van der Waals surface area (Å²) >= 11 is 0. The number of amides is 1. The minimum atomic E-state index is -0.991. The smallest absolute Gasteiger partial charge is 0.335 e. The lowest BCUT2D eigenvalue weighted by atomic mass is 9.94. The Balaban J connectivity index is 1.97. The van der Waals surface area contributed by atoms with Gasteiger partial charge in [-0.2, -0.15) is 5.10 Å². The van der Waals surface area contributed by atoms with Gasteiger partial charge in [-0.15, -0.1) is 0 Å². The van der Waals surface area contributed by atoms with E-state index in [1.165, 1.54) is 12.1 Å². The van der Waals surface area contributed by atoms with Gasteiger partial charge < -0.3 is 10.8 Å². The van der Waals surface area contributed by atoms with Gasteiger partial charge in [0.2, 0.25) is 0 Å². The third-order valence-corrected chi connectivity index (χ3v) is 3.92. The van der Waals surface area contributed by atoms with Crippen molar-refractivity contribution in [2.45, 2.75) is 25.8 Å². The van der Waals surface area contributed by atoms with Gasteiger partial charge in [-0.3, -0.25) is 14.3 Å². The van der Waals surface area contributed by atoms with Gasteiger partial charge in [0.15, 0.2) is 11.5 Å². The van der Waals surface area contributed by atoms with Crippen molar-refractivity contribution in [3.63, 3.8) is 0 Å². The molecular formula is C16H15N3O4. The van der Waals surface area contributed by atoms with Crippen molar-refractivity contribution in [2.75, 3.05) is 0 Å². The van der Waals surface area contributed by atoms with Crippen molar-refractivity contribution in [3.8, 4) is 0 Å². The van der Waals surface area contributed by atoms with E-state index in [9.17, 15) is 14.4 Å². The molecule has 2 aromatic rings. The Morgan fingerprint density at radius 3 is 2.52 bits per heavy atom. The van der Waals surface area contributed by atoms with Crippen LogP contribution in [-0.4, -0.2) is 32.5 Å². The number of hydrogen-bond acceptors (Lipinski definition) is 4. The van der Waals surface area contributed by atoms with E-state index >= 15 is 0 Å². The highest BCUT2D eigenvalue weighted by Crippen LogP contribution is 2.25. The minimum absolute atomic E-state index is 0.0202. The molecule has 3 rings (SSSR count). The Hall–Kier alpha value is -2.96. The zero-order valence-corrected chi connectivity index (χ0v) is 12.3. The Bertz CT molecular complexity index is 805. The first kappa shape index (κ1) is 15.0. The van der Waals surface area contributed by atoms with Crippen LogP contribution < -0.4 is 5.73 Å². The Kier molecular flexibility index (Phi) is 3.69. The number of aromatic carboxylic acids is 1. The van der Waals surface area contributed by atoms with Crippen molar-refractivity contribution in [1.29, 1.82) is 0 Å². The first-order valence-electron chi connectivity index (χ1n) is 7.22.